The first-order valence-electron chi connectivity index (χ1n) is 5.70. The van der Waals surface area contributed by atoms with Crippen molar-refractivity contribution in [3.8, 4) is 0 Å². The van der Waals surface area contributed by atoms with Crippen molar-refractivity contribution in [1.82, 2.24) is 25.1 Å². The van der Waals surface area contributed by atoms with Crippen LogP contribution in [-0.4, -0.2) is 32.2 Å². The second-order valence-electron chi connectivity index (χ2n) is 3.87. The lowest BCUT2D eigenvalue weighted by Gasteiger charge is -2.05. The fourth-order valence-electron chi connectivity index (χ4n) is 1.53. The average Bonchev–Trinajstić information content (AvgIpc) is 2.87. The number of amides is 1. The zero-order chi connectivity index (χ0) is 13.7. The van der Waals surface area contributed by atoms with Gasteiger partial charge in [-0.25, -0.2) is 9.67 Å². The molecule has 2 aromatic rings. The van der Waals surface area contributed by atoms with Gasteiger partial charge in [0.2, 0.25) is 5.91 Å². The number of aromatic amines is 2. The minimum Gasteiger partial charge on any atom is -0.354 e. The van der Waals surface area contributed by atoms with E-state index in [9.17, 15) is 14.4 Å². The summed E-state index contributed by atoms with van der Waals surface area (Å²) in [7, 11) is 0. The standard InChI is InChI=1S/C11H13N5O3/c17-9-1-2-11(19)16(15-9)7-10(18)14-4-3-8-12-5-6-13-8/h1-2,5-6H,3-4,7H2,(H,12,13)(H,14,18)(H,15,17). The third kappa shape index (κ3) is 3.66. The molecule has 8 nitrogen and oxygen atoms in total. The summed E-state index contributed by atoms with van der Waals surface area (Å²) in [6.07, 6.45) is 3.90. The molecule has 0 saturated heterocycles. The first kappa shape index (κ1) is 12.8. The third-order valence-corrected chi connectivity index (χ3v) is 2.43. The molecule has 0 aliphatic heterocycles. The smallest absolute Gasteiger partial charge is 0.265 e. The molecule has 2 rings (SSSR count). The molecule has 0 spiro atoms. The van der Waals surface area contributed by atoms with Crippen molar-refractivity contribution < 1.29 is 4.79 Å². The lowest BCUT2D eigenvalue weighted by atomic mass is 10.4. The van der Waals surface area contributed by atoms with Gasteiger partial charge in [0.05, 0.1) is 0 Å². The van der Waals surface area contributed by atoms with Crippen molar-refractivity contribution in [2.75, 3.05) is 6.54 Å². The van der Waals surface area contributed by atoms with Crippen LogP contribution in [0.1, 0.15) is 5.82 Å². The van der Waals surface area contributed by atoms with E-state index in [4.69, 9.17) is 0 Å². The summed E-state index contributed by atoms with van der Waals surface area (Å²) in [6, 6.07) is 2.24. The average molecular weight is 263 g/mol. The van der Waals surface area contributed by atoms with Crippen molar-refractivity contribution in [2.24, 2.45) is 0 Å². The predicted octanol–water partition coefficient (Wildman–Crippen LogP) is -1.38. The highest BCUT2D eigenvalue weighted by Gasteiger charge is 2.04. The van der Waals surface area contributed by atoms with Gasteiger partial charge in [0.15, 0.2) is 0 Å². The number of nitrogens with one attached hydrogen (secondary N) is 3. The first-order valence-corrected chi connectivity index (χ1v) is 5.70. The molecule has 0 aliphatic carbocycles. The van der Waals surface area contributed by atoms with Gasteiger partial charge in [-0.1, -0.05) is 0 Å². The summed E-state index contributed by atoms with van der Waals surface area (Å²) in [5, 5.41) is 4.92. The second-order valence-corrected chi connectivity index (χ2v) is 3.87. The van der Waals surface area contributed by atoms with E-state index in [1.54, 1.807) is 12.4 Å². The van der Waals surface area contributed by atoms with Crippen LogP contribution in [0.2, 0.25) is 0 Å². The number of rotatable bonds is 5. The third-order valence-electron chi connectivity index (χ3n) is 2.43. The van der Waals surface area contributed by atoms with Crippen LogP contribution in [0.3, 0.4) is 0 Å². The van der Waals surface area contributed by atoms with Crippen molar-refractivity contribution in [3.63, 3.8) is 0 Å². The Morgan fingerprint density at radius 2 is 2.21 bits per heavy atom. The molecule has 100 valence electrons. The van der Waals surface area contributed by atoms with Crippen molar-refractivity contribution in [3.05, 3.63) is 51.1 Å². The van der Waals surface area contributed by atoms with Gasteiger partial charge in [0.1, 0.15) is 12.4 Å². The number of aromatic nitrogens is 4. The Bertz CT molecular complexity index is 655. The fraction of sp³-hybridized carbons (Fsp3) is 0.273. The van der Waals surface area contributed by atoms with Crippen LogP contribution in [0.15, 0.2) is 34.1 Å². The number of H-pyrrole nitrogens is 2. The number of hydrogen-bond donors (Lipinski definition) is 3. The van der Waals surface area contributed by atoms with Gasteiger partial charge >= 0.3 is 0 Å². The molecule has 2 aromatic heterocycles. The van der Waals surface area contributed by atoms with E-state index < -0.39 is 11.1 Å². The van der Waals surface area contributed by atoms with Crippen LogP contribution in [0.4, 0.5) is 0 Å². The quantitative estimate of drug-likeness (QED) is 0.617. The van der Waals surface area contributed by atoms with Gasteiger partial charge in [-0.3, -0.25) is 19.5 Å². The van der Waals surface area contributed by atoms with Crippen LogP contribution < -0.4 is 16.4 Å². The van der Waals surface area contributed by atoms with E-state index in [1.165, 1.54) is 0 Å². The Hall–Kier alpha value is -2.64. The number of hydrogen-bond acceptors (Lipinski definition) is 4. The van der Waals surface area contributed by atoms with Crippen LogP contribution in [-0.2, 0) is 17.8 Å². The lowest BCUT2D eigenvalue weighted by molar-refractivity contribution is -0.121. The summed E-state index contributed by atoms with van der Waals surface area (Å²) < 4.78 is 0.963. The van der Waals surface area contributed by atoms with Gasteiger partial charge in [-0.05, 0) is 0 Å². The Labute approximate surface area is 107 Å². The molecule has 1 amide bonds. The van der Waals surface area contributed by atoms with Gasteiger partial charge < -0.3 is 10.3 Å². The second kappa shape index (κ2) is 5.80. The molecule has 3 N–H and O–H groups in total. The molecule has 0 fully saturated rings. The van der Waals surface area contributed by atoms with Crippen LogP contribution in [0, 0.1) is 0 Å². The van der Waals surface area contributed by atoms with E-state index >= 15 is 0 Å². The minimum absolute atomic E-state index is 0.215. The highest BCUT2D eigenvalue weighted by molar-refractivity contribution is 5.75. The first-order chi connectivity index (χ1) is 9.15. The summed E-state index contributed by atoms with van der Waals surface area (Å²) in [6.45, 7) is 0.186. The largest absolute Gasteiger partial charge is 0.354 e. The number of nitrogens with zero attached hydrogens (tertiary/aromatic N) is 2. The van der Waals surface area contributed by atoms with Crippen molar-refractivity contribution in [1.29, 1.82) is 0 Å². The topological polar surface area (TPSA) is 113 Å². The monoisotopic (exact) mass is 263 g/mol. The Balaban J connectivity index is 1.85. The highest BCUT2D eigenvalue weighted by atomic mass is 16.2. The Morgan fingerprint density at radius 3 is 2.95 bits per heavy atom. The summed E-state index contributed by atoms with van der Waals surface area (Å²) >= 11 is 0. The fourth-order valence-corrected chi connectivity index (χ4v) is 1.53. The van der Waals surface area contributed by atoms with Crippen LogP contribution in [0.25, 0.3) is 0 Å². The van der Waals surface area contributed by atoms with Gasteiger partial charge in [-0.15, -0.1) is 0 Å². The van der Waals surface area contributed by atoms with Crippen LogP contribution >= 0.6 is 0 Å². The molecular formula is C11H13N5O3. The van der Waals surface area contributed by atoms with E-state index in [1.807, 2.05) is 0 Å². The highest BCUT2D eigenvalue weighted by Crippen LogP contribution is 1.88. The number of carbonyl (C=O) groups is 1. The van der Waals surface area contributed by atoms with Gasteiger partial charge in [0, 0.05) is 37.5 Å². The minimum atomic E-state index is -0.430. The zero-order valence-electron chi connectivity index (χ0n) is 10.0. The molecular weight excluding hydrogens is 250 g/mol. The van der Waals surface area contributed by atoms with Crippen molar-refractivity contribution in [2.45, 2.75) is 13.0 Å². The van der Waals surface area contributed by atoms with E-state index in [0.29, 0.717) is 13.0 Å². The maximum Gasteiger partial charge on any atom is 0.265 e. The van der Waals surface area contributed by atoms with Crippen molar-refractivity contribution >= 4 is 5.91 Å². The number of carbonyl (C=O) groups excluding carboxylic acids is 1. The van der Waals surface area contributed by atoms with Gasteiger partial charge in [0.25, 0.3) is 11.1 Å². The zero-order valence-corrected chi connectivity index (χ0v) is 10.0. The summed E-state index contributed by atoms with van der Waals surface area (Å²) in [5.41, 5.74) is -0.858. The molecule has 0 aliphatic rings. The normalized spacial score (nSPS) is 10.3. The Morgan fingerprint density at radius 1 is 1.37 bits per heavy atom. The molecule has 2 heterocycles. The van der Waals surface area contributed by atoms with E-state index in [-0.39, 0.29) is 12.5 Å². The van der Waals surface area contributed by atoms with Crippen LogP contribution in [0.5, 0.6) is 0 Å². The molecule has 0 aromatic carbocycles. The maximum absolute atomic E-state index is 11.6. The molecule has 0 atom stereocenters. The molecule has 0 bridgehead atoms. The molecule has 0 radical (unpaired) electrons. The molecule has 19 heavy (non-hydrogen) atoms. The summed E-state index contributed by atoms with van der Waals surface area (Å²) in [4.78, 5) is 40.9. The predicted molar refractivity (Wildman–Crippen MR) is 66.6 cm³/mol. The molecule has 8 heteroatoms. The van der Waals surface area contributed by atoms with E-state index in [2.05, 4.69) is 20.4 Å². The Kier molecular flexibility index (Phi) is 3.91. The molecule has 0 unspecified atom stereocenters. The van der Waals surface area contributed by atoms with Gasteiger partial charge in [-0.2, -0.15) is 0 Å². The maximum atomic E-state index is 11.6. The summed E-state index contributed by atoms with van der Waals surface area (Å²) in [5.74, 6) is 0.418. The lowest BCUT2D eigenvalue weighted by Crippen LogP contribution is -2.36. The van der Waals surface area contributed by atoms with E-state index in [0.717, 1.165) is 22.6 Å². The SMILES string of the molecule is O=C(Cn1[nH]c(=O)ccc1=O)NCCc1ncc[nH]1. The molecule has 0 saturated carbocycles. The number of imidazole rings is 1.